The highest BCUT2D eigenvalue weighted by Crippen LogP contribution is 2.69. The van der Waals surface area contributed by atoms with Crippen molar-refractivity contribution >= 4 is 0 Å². The molecular weight excluding hydrogens is 474 g/mol. The van der Waals surface area contributed by atoms with Gasteiger partial charge in [0.15, 0.2) is 11.6 Å². The smallest absolute Gasteiger partial charge is 0.162 e. The maximum Gasteiger partial charge on any atom is 0.162 e. The van der Waals surface area contributed by atoms with Crippen LogP contribution in [0.1, 0.15) is 69.2 Å². The van der Waals surface area contributed by atoms with Gasteiger partial charge < -0.3 is 5.11 Å². The second kappa shape index (κ2) is 7.89. The van der Waals surface area contributed by atoms with Crippen molar-refractivity contribution in [2.75, 3.05) is 0 Å². The number of hydrogen-bond acceptors (Lipinski definition) is 7. The Balaban J connectivity index is 1.46. The van der Waals surface area contributed by atoms with Crippen LogP contribution in [0.5, 0.6) is 0 Å². The molecule has 2 atom stereocenters. The summed E-state index contributed by atoms with van der Waals surface area (Å²) in [7, 11) is 0. The minimum atomic E-state index is -1.15. The van der Waals surface area contributed by atoms with Gasteiger partial charge in [-0.05, 0) is 67.9 Å². The average Bonchev–Trinajstić information content (AvgIpc) is 3.24. The number of rotatable bonds is 4. The molecule has 0 amide bonds. The van der Waals surface area contributed by atoms with Gasteiger partial charge in [0, 0.05) is 18.6 Å². The molecule has 3 heterocycles. The van der Waals surface area contributed by atoms with Crippen LogP contribution >= 0.6 is 0 Å². The summed E-state index contributed by atoms with van der Waals surface area (Å²) in [5.74, 6) is -0.401. The molecule has 188 valence electrons. The first kappa shape index (κ1) is 23.7. The summed E-state index contributed by atoms with van der Waals surface area (Å²) in [5, 5.41) is 19.1. The summed E-state index contributed by atoms with van der Waals surface area (Å²) in [6, 6.07) is 7.49. The monoisotopic (exact) mass is 500 g/mol. The van der Waals surface area contributed by atoms with Crippen LogP contribution in [0, 0.1) is 17.0 Å². The molecule has 6 rings (SSSR count). The van der Waals surface area contributed by atoms with E-state index in [0.29, 0.717) is 17.2 Å². The van der Waals surface area contributed by atoms with Gasteiger partial charge in [-0.2, -0.15) is 5.10 Å². The maximum absolute atomic E-state index is 14.5. The van der Waals surface area contributed by atoms with E-state index in [1.807, 2.05) is 6.07 Å². The first-order valence-electron chi connectivity index (χ1n) is 12.3. The number of aromatic nitrogens is 6. The van der Waals surface area contributed by atoms with Crippen LogP contribution in [0.3, 0.4) is 0 Å². The predicted octanol–water partition coefficient (Wildman–Crippen LogP) is 5.10. The van der Waals surface area contributed by atoms with Gasteiger partial charge in [0.2, 0.25) is 0 Å². The van der Waals surface area contributed by atoms with Crippen LogP contribution in [0.4, 0.5) is 8.78 Å². The zero-order valence-electron chi connectivity index (χ0n) is 21.0. The lowest BCUT2D eigenvalue weighted by atomic mass is 9.66. The largest absolute Gasteiger partial charge is 0.382 e. The second-order valence-electron chi connectivity index (χ2n) is 11.0. The Hall–Kier alpha value is -3.72. The summed E-state index contributed by atoms with van der Waals surface area (Å²) in [5.41, 5.74) is 1.30. The van der Waals surface area contributed by atoms with Crippen LogP contribution < -0.4 is 0 Å². The fourth-order valence-electron chi connectivity index (χ4n) is 6.25. The summed E-state index contributed by atoms with van der Waals surface area (Å²) in [4.78, 5) is 18.0. The third-order valence-corrected chi connectivity index (χ3v) is 8.15. The molecule has 2 bridgehead atoms. The highest BCUT2D eigenvalue weighted by molar-refractivity contribution is 5.64. The molecule has 2 aliphatic carbocycles. The van der Waals surface area contributed by atoms with Crippen LogP contribution in [0.15, 0.2) is 48.9 Å². The Morgan fingerprint density at radius 2 is 1.70 bits per heavy atom. The van der Waals surface area contributed by atoms with E-state index in [2.05, 4.69) is 39.0 Å². The van der Waals surface area contributed by atoms with E-state index in [4.69, 9.17) is 4.98 Å². The molecule has 0 unspecified atom stereocenters. The molecule has 9 heteroatoms. The zero-order valence-corrected chi connectivity index (χ0v) is 21.0. The van der Waals surface area contributed by atoms with E-state index in [-0.39, 0.29) is 22.6 Å². The van der Waals surface area contributed by atoms with Crippen molar-refractivity contribution in [1.82, 2.24) is 30.1 Å². The molecule has 2 aliphatic rings. The number of nitrogens with zero attached hydrogens (tertiary/aromatic N) is 6. The highest BCUT2D eigenvalue weighted by Gasteiger charge is 2.65. The molecule has 0 saturated heterocycles. The van der Waals surface area contributed by atoms with E-state index in [9.17, 15) is 13.9 Å². The standard InChI is InChI=1S/C28H26F2N6O/c1-26(2)17-8-10-28(26,23-16(17)12-20(35-36-23)22-18(29)6-5-7-19(22)30)21-9-11-31-24(34-21)15-13-32-25(33-14-15)27(3,4)37/h5-7,9,11-14,17,37H,8,10H2,1-4H3/t17-,28+/m0/s1. The van der Waals surface area contributed by atoms with E-state index in [1.165, 1.54) is 18.2 Å². The minimum absolute atomic E-state index is 0.138. The summed E-state index contributed by atoms with van der Waals surface area (Å²) < 4.78 is 29.0. The SMILES string of the molecule is CC(C)(O)c1ncc(-c2nccc([C@]34CC[C@@H](c5cc(-c6c(F)cccc6F)nnc53)C4(C)C)n2)cn1. The fourth-order valence-corrected chi connectivity index (χ4v) is 6.25. The summed E-state index contributed by atoms with van der Waals surface area (Å²) in [6.45, 7) is 7.64. The van der Waals surface area contributed by atoms with E-state index in [0.717, 1.165) is 29.8 Å². The van der Waals surface area contributed by atoms with Crippen LogP contribution in [0.2, 0.25) is 0 Å². The first-order valence-corrected chi connectivity index (χ1v) is 12.3. The molecule has 0 aliphatic heterocycles. The van der Waals surface area contributed by atoms with Gasteiger partial charge in [0.05, 0.1) is 33.6 Å². The zero-order chi connectivity index (χ0) is 26.2. The predicted molar refractivity (Wildman–Crippen MR) is 132 cm³/mol. The number of halogens is 2. The number of benzene rings is 1. The quantitative estimate of drug-likeness (QED) is 0.416. The fraction of sp³-hybridized carbons (Fsp3) is 0.357. The van der Waals surface area contributed by atoms with Crippen LogP contribution in [-0.4, -0.2) is 35.2 Å². The summed E-state index contributed by atoms with van der Waals surface area (Å²) >= 11 is 0. The van der Waals surface area contributed by atoms with Gasteiger partial charge in [-0.25, -0.2) is 28.7 Å². The maximum atomic E-state index is 14.5. The molecule has 0 radical (unpaired) electrons. The van der Waals surface area contributed by atoms with E-state index < -0.39 is 22.7 Å². The second-order valence-corrected chi connectivity index (χ2v) is 11.0. The van der Waals surface area contributed by atoms with Crippen molar-refractivity contribution in [3.05, 3.63) is 83.3 Å². The lowest BCUT2D eigenvalue weighted by Crippen LogP contribution is -2.38. The van der Waals surface area contributed by atoms with Crippen molar-refractivity contribution in [1.29, 1.82) is 0 Å². The molecule has 1 aromatic carbocycles. The Bertz CT molecular complexity index is 1510. The summed E-state index contributed by atoms with van der Waals surface area (Å²) in [6.07, 6.45) is 6.65. The lowest BCUT2D eigenvalue weighted by Gasteiger charge is -2.37. The van der Waals surface area contributed by atoms with Crippen LogP contribution in [0.25, 0.3) is 22.6 Å². The highest BCUT2D eigenvalue weighted by atomic mass is 19.1. The van der Waals surface area contributed by atoms with E-state index in [1.54, 1.807) is 38.5 Å². The number of aliphatic hydroxyl groups is 1. The molecule has 3 aromatic heterocycles. The van der Waals surface area contributed by atoms with Gasteiger partial charge in [-0.15, -0.1) is 5.10 Å². The molecule has 1 N–H and O–H groups in total. The molecule has 37 heavy (non-hydrogen) atoms. The topological polar surface area (TPSA) is 97.6 Å². The molecule has 1 fully saturated rings. The molecule has 4 aromatic rings. The lowest BCUT2D eigenvalue weighted by molar-refractivity contribution is 0.0687. The Kier molecular flexibility index (Phi) is 5.04. The Labute approximate surface area is 213 Å². The van der Waals surface area contributed by atoms with Gasteiger partial charge in [0.25, 0.3) is 0 Å². The minimum Gasteiger partial charge on any atom is -0.382 e. The Morgan fingerprint density at radius 3 is 2.38 bits per heavy atom. The van der Waals surface area contributed by atoms with Crippen molar-refractivity contribution in [2.24, 2.45) is 5.41 Å². The van der Waals surface area contributed by atoms with Gasteiger partial charge in [-0.3, -0.25) is 0 Å². The molecular formula is C28H26F2N6O. The van der Waals surface area contributed by atoms with Crippen molar-refractivity contribution in [3.8, 4) is 22.6 Å². The van der Waals surface area contributed by atoms with Gasteiger partial charge in [-0.1, -0.05) is 19.9 Å². The first-order chi connectivity index (χ1) is 17.5. The van der Waals surface area contributed by atoms with Crippen molar-refractivity contribution in [3.63, 3.8) is 0 Å². The normalized spacial score (nSPS) is 21.8. The molecule has 0 spiro atoms. The van der Waals surface area contributed by atoms with E-state index >= 15 is 0 Å². The third-order valence-electron chi connectivity index (χ3n) is 8.15. The van der Waals surface area contributed by atoms with Gasteiger partial charge in [0.1, 0.15) is 17.2 Å². The van der Waals surface area contributed by atoms with Gasteiger partial charge >= 0.3 is 0 Å². The van der Waals surface area contributed by atoms with Crippen molar-refractivity contribution < 1.29 is 13.9 Å². The van der Waals surface area contributed by atoms with Crippen LogP contribution in [-0.2, 0) is 11.0 Å². The van der Waals surface area contributed by atoms with Crippen molar-refractivity contribution in [2.45, 2.75) is 57.5 Å². The number of hydrogen-bond donors (Lipinski definition) is 1. The number of fused-ring (bicyclic) bond motifs is 5. The Morgan fingerprint density at radius 1 is 1.00 bits per heavy atom. The molecule has 7 nitrogen and oxygen atoms in total. The molecule has 1 saturated carbocycles. The third kappa shape index (κ3) is 3.33. The average molecular weight is 501 g/mol.